The van der Waals surface area contributed by atoms with Gasteiger partial charge < -0.3 is 9.47 Å². The fourth-order valence-corrected chi connectivity index (χ4v) is 2.71. The Kier molecular flexibility index (Phi) is 4.91. The largest absolute Gasteiger partial charge is 0.353 e. The molecule has 0 spiro atoms. The summed E-state index contributed by atoms with van der Waals surface area (Å²) in [6.45, 7) is 0.785. The van der Waals surface area contributed by atoms with E-state index in [2.05, 4.69) is 12.1 Å². The lowest BCUT2D eigenvalue weighted by Crippen LogP contribution is -2.25. The van der Waals surface area contributed by atoms with Crippen molar-refractivity contribution in [2.24, 2.45) is 0 Å². The zero-order chi connectivity index (χ0) is 14.5. The van der Waals surface area contributed by atoms with Crippen molar-refractivity contribution in [2.75, 3.05) is 6.61 Å². The summed E-state index contributed by atoms with van der Waals surface area (Å²) in [6.07, 6.45) is 2.99. The van der Waals surface area contributed by atoms with Crippen LogP contribution in [0.25, 0.3) is 0 Å². The minimum absolute atomic E-state index is 0.119. The second-order valence-electron chi connectivity index (χ2n) is 5.27. The summed E-state index contributed by atoms with van der Waals surface area (Å²) in [5.41, 5.74) is 2.23. The molecule has 1 fully saturated rings. The molecule has 2 aromatic rings. The smallest absolute Gasteiger partial charge is 0.158 e. The van der Waals surface area contributed by atoms with Crippen LogP contribution in [0.3, 0.4) is 0 Å². The molecule has 1 aliphatic heterocycles. The van der Waals surface area contributed by atoms with Crippen molar-refractivity contribution < 1.29 is 9.47 Å². The van der Waals surface area contributed by atoms with Gasteiger partial charge in [0.15, 0.2) is 6.29 Å². The summed E-state index contributed by atoms with van der Waals surface area (Å²) in [5.74, 6) is 0. The highest BCUT2D eigenvalue weighted by atomic mass is 35.5. The highest BCUT2D eigenvalue weighted by Crippen LogP contribution is 2.30. The van der Waals surface area contributed by atoms with Gasteiger partial charge in [-0.1, -0.05) is 54.1 Å². The van der Waals surface area contributed by atoms with Crippen LogP contribution in [0.1, 0.15) is 36.5 Å². The Balaban J connectivity index is 1.85. The Bertz CT molecular complexity index is 547. The number of hydrogen-bond donors (Lipinski definition) is 0. The molecule has 1 heterocycles. The molecule has 0 bridgehead atoms. The van der Waals surface area contributed by atoms with E-state index in [0.717, 1.165) is 42.0 Å². The second-order valence-corrected chi connectivity index (χ2v) is 5.71. The third kappa shape index (κ3) is 3.85. The summed E-state index contributed by atoms with van der Waals surface area (Å²) in [5, 5.41) is 0.736. The Morgan fingerprint density at radius 1 is 0.952 bits per heavy atom. The van der Waals surface area contributed by atoms with Crippen molar-refractivity contribution in [1.82, 2.24) is 0 Å². The molecule has 0 radical (unpaired) electrons. The SMILES string of the molecule is Clc1ccc(C(OC2CCCCO2)c2ccccc2)cc1. The van der Waals surface area contributed by atoms with Crippen molar-refractivity contribution in [2.45, 2.75) is 31.7 Å². The van der Waals surface area contributed by atoms with Crippen molar-refractivity contribution in [3.8, 4) is 0 Å². The van der Waals surface area contributed by atoms with Gasteiger partial charge in [-0.25, -0.2) is 0 Å². The van der Waals surface area contributed by atoms with Crippen molar-refractivity contribution >= 4 is 11.6 Å². The van der Waals surface area contributed by atoms with E-state index < -0.39 is 0 Å². The van der Waals surface area contributed by atoms with Gasteiger partial charge in [-0.2, -0.15) is 0 Å². The predicted octanol–water partition coefficient (Wildman–Crippen LogP) is 4.97. The van der Waals surface area contributed by atoms with Crippen LogP contribution >= 0.6 is 11.6 Å². The average molecular weight is 303 g/mol. The van der Waals surface area contributed by atoms with Gasteiger partial charge in [0.2, 0.25) is 0 Å². The first-order chi connectivity index (χ1) is 10.3. The minimum atomic E-state index is -0.125. The molecule has 2 aromatic carbocycles. The fraction of sp³-hybridized carbons (Fsp3) is 0.333. The minimum Gasteiger partial charge on any atom is -0.353 e. The molecule has 2 atom stereocenters. The topological polar surface area (TPSA) is 18.5 Å². The van der Waals surface area contributed by atoms with Crippen LogP contribution in [0.2, 0.25) is 5.02 Å². The van der Waals surface area contributed by atoms with Gasteiger partial charge in [-0.3, -0.25) is 0 Å². The zero-order valence-corrected chi connectivity index (χ0v) is 12.6. The molecule has 110 valence electrons. The van der Waals surface area contributed by atoms with Crippen LogP contribution in [0.4, 0.5) is 0 Å². The van der Waals surface area contributed by atoms with E-state index >= 15 is 0 Å². The monoisotopic (exact) mass is 302 g/mol. The number of ether oxygens (including phenoxy) is 2. The van der Waals surface area contributed by atoms with E-state index in [0.29, 0.717) is 0 Å². The molecule has 1 aliphatic rings. The summed E-state index contributed by atoms with van der Waals surface area (Å²) < 4.78 is 12.0. The Morgan fingerprint density at radius 3 is 2.33 bits per heavy atom. The van der Waals surface area contributed by atoms with Crippen LogP contribution in [-0.4, -0.2) is 12.9 Å². The lowest BCUT2D eigenvalue weighted by atomic mass is 10.0. The molecule has 0 saturated carbocycles. The highest BCUT2D eigenvalue weighted by Gasteiger charge is 2.22. The molecule has 3 heteroatoms. The Labute approximate surface area is 130 Å². The summed E-state index contributed by atoms with van der Waals surface area (Å²) in [7, 11) is 0. The Morgan fingerprint density at radius 2 is 1.67 bits per heavy atom. The first-order valence-corrected chi connectivity index (χ1v) is 7.78. The van der Waals surface area contributed by atoms with Gasteiger partial charge in [0.05, 0.1) is 0 Å². The zero-order valence-electron chi connectivity index (χ0n) is 11.9. The number of halogens is 1. The molecular formula is C18H19ClO2. The van der Waals surface area contributed by atoms with Gasteiger partial charge in [0.1, 0.15) is 6.10 Å². The van der Waals surface area contributed by atoms with Gasteiger partial charge in [-0.15, -0.1) is 0 Å². The van der Waals surface area contributed by atoms with Crippen LogP contribution < -0.4 is 0 Å². The van der Waals surface area contributed by atoms with Crippen LogP contribution in [0, 0.1) is 0 Å². The summed E-state index contributed by atoms with van der Waals surface area (Å²) >= 11 is 5.99. The Hall–Kier alpha value is -1.35. The molecular weight excluding hydrogens is 284 g/mol. The fourth-order valence-electron chi connectivity index (χ4n) is 2.59. The van der Waals surface area contributed by atoms with E-state index in [-0.39, 0.29) is 12.4 Å². The maximum absolute atomic E-state index is 6.24. The molecule has 2 nitrogen and oxygen atoms in total. The third-order valence-electron chi connectivity index (χ3n) is 3.70. The van der Waals surface area contributed by atoms with Crippen molar-refractivity contribution in [3.63, 3.8) is 0 Å². The number of benzene rings is 2. The maximum Gasteiger partial charge on any atom is 0.158 e. The van der Waals surface area contributed by atoms with Gasteiger partial charge in [-0.05, 0) is 42.5 Å². The molecule has 0 aliphatic carbocycles. The molecule has 1 saturated heterocycles. The normalized spacial score (nSPS) is 20.1. The second kappa shape index (κ2) is 7.08. The molecule has 21 heavy (non-hydrogen) atoms. The first-order valence-electron chi connectivity index (χ1n) is 7.40. The van der Waals surface area contributed by atoms with Crippen LogP contribution in [0.5, 0.6) is 0 Å². The van der Waals surface area contributed by atoms with E-state index in [4.69, 9.17) is 21.1 Å². The quantitative estimate of drug-likeness (QED) is 0.793. The summed E-state index contributed by atoms with van der Waals surface area (Å²) in [6, 6.07) is 18.1. The van der Waals surface area contributed by atoms with Gasteiger partial charge >= 0.3 is 0 Å². The van der Waals surface area contributed by atoms with E-state index in [1.54, 1.807) is 0 Å². The summed E-state index contributed by atoms with van der Waals surface area (Å²) in [4.78, 5) is 0. The van der Waals surface area contributed by atoms with Crippen LogP contribution in [-0.2, 0) is 9.47 Å². The molecule has 3 rings (SSSR count). The third-order valence-corrected chi connectivity index (χ3v) is 3.95. The van der Waals surface area contributed by atoms with Crippen molar-refractivity contribution in [1.29, 1.82) is 0 Å². The number of hydrogen-bond acceptors (Lipinski definition) is 2. The van der Waals surface area contributed by atoms with E-state index in [1.807, 2.05) is 42.5 Å². The predicted molar refractivity (Wildman–Crippen MR) is 84.4 cm³/mol. The first kappa shape index (κ1) is 14.6. The highest BCUT2D eigenvalue weighted by molar-refractivity contribution is 6.30. The average Bonchev–Trinajstić information content (AvgIpc) is 2.55. The lowest BCUT2D eigenvalue weighted by Gasteiger charge is -2.28. The van der Waals surface area contributed by atoms with Crippen LogP contribution in [0.15, 0.2) is 54.6 Å². The molecule has 0 amide bonds. The standard InChI is InChI=1S/C18H19ClO2/c19-16-11-9-15(10-12-16)18(14-6-2-1-3-7-14)21-17-8-4-5-13-20-17/h1-3,6-7,9-12,17-18H,4-5,8,13H2. The van der Waals surface area contributed by atoms with E-state index in [9.17, 15) is 0 Å². The lowest BCUT2D eigenvalue weighted by molar-refractivity contribution is -0.181. The molecule has 0 N–H and O–H groups in total. The van der Waals surface area contributed by atoms with Crippen molar-refractivity contribution in [3.05, 3.63) is 70.7 Å². The number of rotatable bonds is 4. The van der Waals surface area contributed by atoms with Gasteiger partial charge in [0, 0.05) is 11.6 Å². The maximum atomic E-state index is 6.24. The molecule has 2 unspecified atom stereocenters. The molecule has 0 aromatic heterocycles. The van der Waals surface area contributed by atoms with E-state index in [1.165, 1.54) is 0 Å². The van der Waals surface area contributed by atoms with Gasteiger partial charge in [0.25, 0.3) is 0 Å².